The molecule has 3 rings (SSSR count). The van der Waals surface area contributed by atoms with Gasteiger partial charge in [0.1, 0.15) is 0 Å². The highest BCUT2D eigenvalue weighted by molar-refractivity contribution is 5.37. The molecule has 0 heterocycles. The highest BCUT2D eigenvalue weighted by Gasteiger charge is 2.38. The van der Waals surface area contributed by atoms with Crippen LogP contribution in [0, 0.1) is 17.3 Å². The van der Waals surface area contributed by atoms with Crippen molar-refractivity contribution in [3.05, 3.63) is 35.4 Å². The van der Waals surface area contributed by atoms with Crippen LogP contribution in [0.2, 0.25) is 0 Å². The molecule has 1 fully saturated rings. The average molecular weight is 271 g/mol. The Labute approximate surface area is 124 Å². The Hall–Kier alpha value is -0.820. The van der Waals surface area contributed by atoms with Gasteiger partial charge in [-0.3, -0.25) is 0 Å². The molecule has 0 aromatic heterocycles. The first-order chi connectivity index (χ1) is 9.56. The Morgan fingerprint density at radius 3 is 2.80 bits per heavy atom. The molecule has 0 saturated heterocycles. The minimum atomic E-state index is 0.351. The fraction of sp³-hybridized carbons (Fsp3) is 0.684. The Bertz CT molecular complexity index is 463. The van der Waals surface area contributed by atoms with Gasteiger partial charge >= 0.3 is 0 Å². The summed E-state index contributed by atoms with van der Waals surface area (Å²) in [6, 6.07) is 9.54. The first-order valence-corrected chi connectivity index (χ1v) is 8.37. The number of hydrogen-bond acceptors (Lipinski definition) is 1. The Morgan fingerprint density at radius 1 is 1.20 bits per heavy atom. The topological polar surface area (TPSA) is 12.0 Å². The smallest absolute Gasteiger partial charge is 0.0377 e. The van der Waals surface area contributed by atoms with Gasteiger partial charge in [0, 0.05) is 6.04 Å². The molecule has 1 N–H and O–H groups in total. The molecule has 2 aliphatic carbocycles. The van der Waals surface area contributed by atoms with E-state index in [1.807, 2.05) is 0 Å². The summed E-state index contributed by atoms with van der Waals surface area (Å²) in [6.07, 6.45) is 6.92. The van der Waals surface area contributed by atoms with Crippen LogP contribution in [0.25, 0.3) is 0 Å². The third-order valence-electron chi connectivity index (χ3n) is 5.45. The zero-order valence-corrected chi connectivity index (χ0v) is 13.3. The minimum absolute atomic E-state index is 0.351. The van der Waals surface area contributed by atoms with Crippen LogP contribution >= 0.6 is 0 Å². The van der Waals surface area contributed by atoms with Crippen LogP contribution in [-0.4, -0.2) is 6.54 Å². The first-order valence-electron chi connectivity index (χ1n) is 8.37. The van der Waals surface area contributed by atoms with Crippen LogP contribution in [0.4, 0.5) is 0 Å². The largest absolute Gasteiger partial charge is 0.309 e. The van der Waals surface area contributed by atoms with E-state index in [4.69, 9.17) is 0 Å². The standard InChI is InChI=1S/C19H29N/c1-14-7-6-8-15(11-14)13-20-18-17-10-5-4-9-16(17)12-19(18,2)3/h4-5,9-10,14-15,18,20H,6-8,11-13H2,1-3H3. The quantitative estimate of drug-likeness (QED) is 0.838. The van der Waals surface area contributed by atoms with Crippen molar-refractivity contribution in [1.29, 1.82) is 0 Å². The number of fused-ring (bicyclic) bond motifs is 1. The lowest BCUT2D eigenvalue weighted by Gasteiger charge is -2.33. The van der Waals surface area contributed by atoms with Crippen molar-refractivity contribution in [2.45, 2.75) is 58.9 Å². The Balaban J connectivity index is 1.67. The maximum absolute atomic E-state index is 3.92. The summed E-state index contributed by atoms with van der Waals surface area (Å²) in [6.45, 7) is 8.44. The third kappa shape index (κ3) is 2.79. The van der Waals surface area contributed by atoms with Gasteiger partial charge in [-0.15, -0.1) is 0 Å². The van der Waals surface area contributed by atoms with Gasteiger partial charge in [0.05, 0.1) is 0 Å². The van der Waals surface area contributed by atoms with Crippen molar-refractivity contribution in [2.75, 3.05) is 6.54 Å². The summed E-state index contributed by atoms with van der Waals surface area (Å²) >= 11 is 0. The molecule has 0 amide bonds. The van der Waals surface area contributed by atoms with Crippen LogP contribution in [0.15, 0.2) is 24.3 Å². The van der Waals surface area contributed by atoms with E-state index in [2.05, 4.69) is 50.4 Å². The zero-order chi connectivity index (χ0) is 14.2. The summed E-state index contributed by atoms with van der Waals surface area (Å²) in [5.74, 6) is 1.82. The number of hydrogen-bond donors (Lipinski definition) is 1. The van der Waals surface area contributed by atoms with Crippen molar-refractivity contribution < 1.29 is 0 Å². The van der Waals surface area contributed by atoms with Gasteiger partial charge in [-0.05, 0) is 54.2 Å². The predicted molar refractivity (Wildman–Crippen MR) is 85.8 cm³/mol. The zero-order valence-electron chi connectivity index (χ0n) is 13.3. The summed E-state index contributed by atoms with van der Waals surface area (Å²) in [4.78, 5) is 0. The lowest BCUT2D eigenvalue weighted by Crippen LogP contribution is -2.35. The van der Waals surface area contributed by atoms with Crippen LogP contribution in [0.1, 0.15) is 63.6 Å². The summed E-state index contributed by atoms with van der Waals surface area (Å²) in [5, 5.41) is 3.92. The van der Waals surface area contributed by atoms with E-state index in [1.165, 1.54) is 38.6 Å². The molecule has 1 aromatic rings. The van der Waals surface area contributed by atoms with Crippen molar-refractivity contribution in [2.24, 2.45) is 17.3 Å². The van der Waals surface area contributed by atoms with E-state index < -0.39 is 0 Å². The number of rotatable bonds is 3. The van der Waals surface area contributed by atoms with Crippen LogP contribution in [-0.2, 0) is 6.42 Å². The third-order valence-corrected chi connectivity index (χ3v) is 5.45. The molecule has 1 heteroatoms. The lowest BCUT2D eigenvalue weighted by molar-refractivity contribution is 0.224. The highest BCUT2D eigenvalue weighted by Crippen LogP contribution is 2.45. The van der Waals surface area contributed by atoms with E-state index in [1.54, 1.807) is 11.1 Å². The van der Waals surface area contributed by atoms with Gasteiger partial charge in [0.25, 0.3) is 0 Å². The van der Waals surface area contributed by atoms with Crippen LogP contribution in [0.5, 0.6) is 0 Å². The molecule has 1 nitrogen and oxygen atoms in total. The second kappa shape index (κ2) is 5.52. The predicted octanol–water partition coefficient (Wildman–Crippen LogP) is 4.73. The first kappa shape index (κ1) is 14.1. The normalized spacial score (nSPS) is 32.0. The molecular formula is C19H29N. The molecule has 110 valence electrons. The van der Waals surface area contributed by atoms with Crippen molar-refractivity contribution >= 4 is 0 Å². The fourth-order valence-corrected chi connectivity index (χ4v) is 4.41. The minimum Gasteiger partial charge on any atom is -0.309 e. The summed E-state index contributed by atoms with van der Waals surface area (Å²) in [7, 11) is 0. The SMILES string of the molecule is CC1CCCC(CNC2c3ccccc3CC2(C)C)C1. The number of nitrogens with one attached hydrogen (secondary N) is 1. The maximum Gasteiger partial charge on any atom is 0.0377 e. The lowest BCUT2D eigenvalue weighted by atomic mass is 9.81. The van der Waals surface area contributed by atoms with Gasteiger partial charge < -0.3 is 5.32 Å². The van der Waals surface area contributed by atoms with Crippen molar-refractivity contribution in [3.8, 4) is 0 Å². The second-order valence-corrected chi connectivity index (χ2v) is 7.84. The molecular weight excluding hydrogens is 242 g/mol. The van der Waals surface area contributed by atoms with Crippen molar-refractivity contribution in [1.82, 2.24) is 5.32 Å². The van der Waals surface area contributed by atoms with Gasteiger partial charge in [-0.1, -0.05) is 57.9 Å². The van der Waals surface area contributed by atoms with Crippen LogP contribution < -0.4 is 5.32 Å². The van der Waals surface area contributed by atoms with E-state index in [-0.39, 0.29) is 0 Å². The van der Waals surface area contributed by atoms with Gasteiger partial charge in [-0.25, -0.2) is 0 Å². The fourth-order valence-electron chi connectivity index (χ4n) is 4.41. The molecule has 1 saturated carbocycles. The summed E-state index contributed by atoms with van der Waals surface area (Å²) < 4.78 is 0. The second-order valence-electron chi connectivity index (χ2n) is 7.84. The maximum atomic E-state index is 3.92. The monoisotopic (exact) mass is 271 g/mol. The Morgan fingerprint density at radius 2 is 2.00 bits per heavy atom. The molecule has 3 atom stereocenters. The summed E-state index contributed by atoms with van der Waals surface area (Å²) in [5.41, 5.74) is 3.44. The van der Waals surface area contributed by atoms with Gasteiger partial charge in [0.15, 0.2) is 0 Å². The van der Waals surface area contributed by atoms with E-state index in [0.717, 1.165) is 11.8 Å². The van der Waals surface area contributed by atoms with Crippen LogP contribution in [0.3, 0.4) is 0 Å². The van der Waals surface area contributed by atoms with Crippen molar-refractivity contribution in [3.63, 3.8) is 0 Å². The average Bonchev–Trinajstić information content (AvgIpc) is 2.66. The van der Waals surface area contributed by atoms with E-state index in [0.29, 0.717) is 11.5 Å². The molecule has 3 unspecified atom stereocenters. The molecule has 1 aromatic carbocycles. The molecule has 2 aliphatic rings. The highest BCUT2D eigenvalue weighted by atomic mass is 14.9. The van der Waals surface area contributed by atoms with Gasteiger partial charge in [0.2, 0.25) is 0 Å². The van der Waals surface area contributed by atoms with E-state index in [9.17, 15) is 0 Å². The molecule has 0 spiro atoms. The molecule has 0 radical (unpaired) electrons. The Kier molecular flexibility index (Phi) is 3.90. The van der Waals surface area contributed by atoms with Gasteiger partial charge in [-0.2, -0.15) is 0 Å². The molecule has 0 bridgehead atoms. The number of benzene rings is 1. The molecule has 20 heavy (non-hydrogen) atoms. The molecule has 0 aliphatic heterocycles. The van der Waals surface area contributed by atoms with E-state index >= 15 is 0 Å².